The second-order valence-corrected chi connectivity index (χ2v) is 6.14. The highest BCUT2D eigenvalue weighted by Crippen LogP contribution is 2.17. The molecular weight excluding hydrogens is 324 g/mol. The van der Waals surface area contributed by atoms with Gasteiger partial charge in [0.25, 0.3) is 5.91 Å². The predicted octanol–water partition coefficient (Wildman–Crippen LogP) is 3.45. The van der Waals surface area contributed by atoms with Crippen LogP contribution in [0.25, 0.3) is 0 Å². The van der Waals surface area contributed by atoms with Gasteiger partial charge in [-0.3, -0.25) is 9.59 Å². The van der Waals surface area contributed by atoms with E-state index in [4.69, 9.17) is 4.42 Å². The van der Waals surface area contributed by atoms with Crippen LogP contribution in [0.2, 0.25) is 0 Å². The fraction of sp³-hybridized carbons (Fsp3) is 0.111. The molecule has 0 aliphatic rings. The van der Waals surface area contributed by atoms with E-state index >= 15 is 0 Å². The molecule has 0 saturated heterocycles. The van der Waals surface area contributed by atoms with Crippen LogP contribution in [-0.2, 0) is 17.8 Å². The molecule has 0 unspecified atom stereocenters. The van der Waals surface area contributed by atoms with E-state index in [1.54, 1.807) is 42.7 Å². The number of anilines is 1. The molecule has 2 N–H and O–H groups in total. The standard InChI is InChI=1S/C18H16N2O3S/c21-17(11-14-6-4-10-24-14)20-16-8-2-1-7-15(16)18(22)19-12-13-5-3-9-23-13/h1-10H,11-12H2,(H,19,22)(H,20,21). The third-order valence-corrected chi connectivity index (χ3v) is 4.24. The third-order valence-electron chi connectivity index (χ3n) is 3.36. The molecule has 0 aliphatic carbocycles. The number of amides is 2. The Labute approximate surface area is 143 Å². The minimum absolute atomic E-state index is 0.149. The Hall–Kier alpha value is -2.86. The Bertz CT molecular complexity index is 811. The van der Waals surface area contributed by atoms with E-state index in [2.05, 4.69) is 10.6 Å². The summed E-state index contributed by atoms with van der Waals surface area (Å²) in [6, 6.07) is 14.3. The fourth-order valence-corrected chi connectivity index (χ4v) is 2.94. The number of para-hydroxylation sites is 1. The smallest absolute Gasteiger partial charge is 0.253 e. The Morgan fingerprint density at radius 1 is 1.04 bits per heavy atom. The average Bonchev–Trinajstić information content (AvgIpc) is 3.26. The van der Waals surface area contributed by atoms with Crippen LogP contribution in [0.15, 0.2) is 64.6 Å². The second kappa shape index (κ2) is 7.61. The monoisotopic (exact) mass is 340 g/mol. The SMILES string of the molecule is O=C(Cc1cccs1)Nc1ccccc1C(=O)NCc1ccco1. The van der Waals surface area contributed by atoms with Crippen LogP contribution < -0.4 is 10.6 Å². The number of hydrogen-bond acceptors (Lipinski definition) is 4. The molecule has 0 fully saturated rings. The predicted molar refractivity (Wildman–Crippen MR) is 93.0 cm³/mol. The van der Waals surface area contributed by atoms with Gasteiger partial charge < -0.3 is 15.1 Å². The van der Waals surface area contributed by atoms with Crippen molar-refractivity contribution >= 4 is 28.8 Å². The van der Waals surface area contributed by atoms with Crippen molar-refractivity contribution in [2.24, 2.45) is 0 Å². The van der Waals surface area contributed by atoms with Gasteiger partial charge in [-0.1, -0.05) is 18.2 Å². The molecule has 6 heteroatoms. The van der Waals surface area contributed by atoms with Gasteiger partial charge in [-0.2, -0.15) is 0 Å². The second-order valence-electron chi connectivity index (χ2n) is 5.11. The molecule has 1 aromatic carbocycles. The van der Waals surface area contributed by atoms with Crippen molar-refractivity contribution in [1.29, 1.82) is 0 Å². The van der Waals surface area contributed by atoms with Gasteiger partial charge in [0, 0.05) is 4.88 Å². The van der Waals surface area contributed by atoms with E-state index in [1.807, 2.05) is 17.5 Å². The summed E-state index contributed by atoms with van der Waals surface area (Å²) in [5.74, 6) is 0.254. The number of benzene rings is 1. The first-order valence-corrected chi connectivity index (χ1v) is 8.32. The van der Waals surface area contributed by atoms with Crippen molar-refractivity contribution in [1.82, 2.24) is 5.32 Å². The van der Waals surface area contributed by atoms with E-state index in [9.17, 15) is 9.59 Å². The molecule has 0 radical (unpaired) electrons. The van der Waals surface area contributed by atoms with Crippen LogP contribution in [0.3, 0.4) is 0 Å². The van der Waals surface area contributed by atoms with E-state index in [-0.39, 0.29) is 11.8 Å². The van der Waals surface area contributed by atoms with Crippen molar-refractivity contribution < 1.29 is 14.0 Å². The van der Waals surface area contributed by atoms with Crippen LogP contribution in [0.5, 0.6) is 0 Å². The van der Waals surface area contributed by atoms with Gasteiger partial charge in [0.2, 0.25) is 5.91 Å². The lowest BCUT2D eigenvalue weighted by Gasteiger charge is -2.10. The highest BCUT2D eigenvalue weighted by atomic mass is 32.1. The zero-order valence-corrected chi connectivity index (χ0v) is 13.6. The molecule has 0 saturated carbocycles. The summed E-state index contributed by atoms with van der Waals surface area (Å²) in [7, 11) is 0. The van der Waals surface area contributed by atoms with Crippen LogP contribution in [0.4, 0.5) is 5.69 Å². The summed E-state index contributed by atoms with van der Waals surface area (Å²) in [6.45, 7) is 0.295. The van der Waals surface area contributed by atoms with Gasteiger partial charge in [-0.15, -0.1) is 11.3 Å². The summed E-state index contributed by atoms with van der Waals surface area (Å²) in [4.78, 5) is 25.5. The summed E-state index contributed by atoms with van der Waals surface area (Å²) < 4.78 is 5.19. The lowest BCUT2D eigenvalue weighted by molar-refractivity contribution is -0.115. The minimum Gasteiger partial charge on any atom is -0.467 e. The Kier molecular flexibility index (Phi) is 5.08. The van der Waals surface area contributed by atoms with E-state index in [1.165, 1.54) is 11.3 Å². The number of carbonyl (C=O) groups excluding carboxylic acids is 2. The first-order chi connectivity index (χ1) is 11.7. The van der Waals surface area contributed by atoms with Crippen LogP contribution >= 0.6 is 11.3 Å². The van der Waals surface area contributed by atoms with Gasteiger partial charge in [0.15, 0.2) is 0 Å². The molecule has 2 aromatic heterocycles. The zero-order valence-electron chi connectivity index (χ0n) is 12.8. The molecule has 0 bridgehead atoms. The fourth-order valence-electron chi connectivity index (χ4n) is 2.23. The quantitative estimate of drug-likeness (QED) is 0.722. The van der Waals surface area contributed by atoms with Gasteiger partial charge in [-0.05, 0) is 35.7 Å². The number of thiophene rings is 1. The molecule has 3 rings (SSSR count). The average molecular weight is 340 g/mol. The topological polar surface area (TPSA) is 71.3 Å². The third kappa shape index (κ3) is 4.11. The van der Waals surface area contributed by atoms with Crippen molar-refractivity contribution in [3.63, 3.8) is 0 Å². The summed E-state index contributed by atoms with van der Waals surface area (Å²) in [6.07, 6.45) is 1.85. The van der Waals surface area contributed by atoms with Crippen molar-refractivity contribution in [3.8, 4) is 0 Å². The Morgan fingerprint density at radius 3 is 2.67 bits per heavy atom. The molecule has 0 spiro atoms. The van der Waals surface area contributed by atoms with Crippen LogP contribution in [0, 0.1) is 0 Å². The van der Waals surface area contributed by atoms with E-state index < -0.39 is 0 Å². The van der Waals surface area contributed by atoms with Crippen molar-refractivity contribution in [2.45, 2.75) is 13.0 Å². The number of rotatable bonds is 6. The molecule has 2 heterocycles. The largest absolute Gasteiger partial charge is 0.467 e. The highest BCUT2D eigenvalue weighted by molar-refractivity contribution is 7.10. The molecular formula is C18H16N2O3S. The molecule has 0 atom stereocenters. The summed E-state index contributed by atoms with van der Waals surface area (Å²) >= 11 is 1.53. The number of carbonyl (C=O) groups is 2. The summed E-state index contributed by atoms with van der Waals surface area (Å²) in [5.41, 5.74) is 0.916. The highest BCUT2D eigenvalue weighted by Gasteiger charge is 2.13. The van der Waals surface area contributed by atoms with Crippen LogP contribution in [0.1, 0.15) is 21.0 Å². The van der Waals surface area contributed by atoms with Crippen LogP contribution in [-0.4, -0.2) is 11.8 Å². The van der Waals surface area contributed by atoms with E-state index in [0.29, 0.717) is 30.0 Å². The molecule has 5 nitrogen and oxygen atoms in total. The van der Waals surface area contributed by atoms with Gasteiger partial charge in [0.05, 0.1) is 30.5 Å². The minimum atomic E-state index is -0.265. The maximum atomic E-state index is 12.4. The Balaban J connectivity index is 1.65. The summed E-state index contributed by atoms with van der Waals surface area (Å²) in [5, 5.41) is 7.51. The van der Waals surface area contributed by atoms with Gasteiger partial charge in [-0.25, -0.2) is 0 Å². The van der Waals surface area contributed by atoms with Gasteiger partial charge >= 0.3 is 0 Å². The number of furan rings is 1. The van der Waals surface area contributed by atoms with E-state index in [0.717, 1.165) is 4.88 Å². The normalized spacial score (nSPS) is 10.3. The number of nitrogens with one attached hydrogen (secondary N) is 2. The maximum absolute atomic E-state index is 12.4. The first kappa shape index (κ1) is 16.0. The molecule has 3 aromatic rings. The molecule has 122 valence electrons. The molecule has 24 heavy (non-hydrogen) atoms. The maximum Gasteiger partial charge on any atom is 0.253 e. The van der Waals surface area contributed by atoms with Crippen molar-refractivity contribution in [2.75, 3.05) is 5.32 Å². The molecule has 2 amide bonds. The molecule has 0 aliphatic heterocycles. The lowest BCUT2D eigenvalue weighted by atomic mass is 10.1. The Morgan fingerprint density at radius 2 is 1.92 bits per heavy atom. The lowest BCUT2D eigenvalue weighted by Crippen LogP contribution is -2.25. The number of hydrogen-bond donors (Lipinski definition) is 2. The first-order valence-electron chi connectivity index (χ1n) is 7.44. The van der Waals surface area contributed by atoms with Gasteiger partial charge in [0.1, 0.15) is 5.76 Å². The van der Waals surface area contributed by atoms with Crippen molar-refractivity contribution in [3.05, 3.63) is 76.4 Å². The zero-order chi connectivity index (χ0) is 16.8.